The summed E-state index contributed by atoms with van der Waals surface area (Å²) in [7, 11) is 0. The highest BCUT2D eigenvalue weighted by atomic mass is 35.5. The van der Waals surface area contributed by atoms with Gasteiger partial charge in [0, 0.05) is 13.0 Å². The van der Waals surface area contributed by atoms with E-state index in [2.05, 4.69) is 0 Å². The largest absolute Gasteiger partial charge is 0.478 e. The Hall–Kier alpha value is -1.04. The number of hydrogen-bond acceptors (Lipinski definition) is 3. The summed E-state index contributed by atoms with van der Waals surface area (Å²) in [4.78, 5) is 10.7. The van der Waals surface area contributed by atoms with E-state index in [0.29, 0.717) is 5.46 Å². The first-order valence-corrected chi connectivity index (χ1v) is 4.72. The van der Waals surface area contributed by atoms with Crippen molar-refractivity contribution in [2.24, 2.45) is 0 Å². The SMILES string of the molecule is O=C(O)c1ccc(B(CO)CO)cc1Cl. The lowest BCUT2D eigenvalue weighted by Gasteiger charge is -2.08. The first-order chi connectivity index (χ1) is 7.10. The van der Waals surface area contributed by atoms with Crippen LogP contribution in [0.4, 0.5) is 0 Å². The lowest BCUT2D eigenvalue weighted by molar-refractivity contribution is 0.0697. The Bertz CT molecular complexity index is 365. The number of benzene rings is 1. The topological polar surface area (TPSA) is 77.8 Å². The van der Waals surface area contributed by atoms with Crippen LogP contribution in [-0.4, -0.2) is 41.0 Å². The monoisotopic (exact) mass is 228 g/mol. The van der Waals surface area contributed by atoms with E-state index in [4.69, 9.17) is 26.9 Å². The molecule has 1 aromatic rings. The van der Waals surface area contributed by atoms with Crippen LogP contribution in [0.5, 0.6) is 0 Å². The lowest BCUT2D eigenvalue weighted by atomic mass is 9.46. The Balaban J connectivity index is 3.05. The van der Waals surface area contributed by atoms with Gasteiger partial charge in [0.05, 0.1) is 10.6 Å². The molecule has 1 aromatic carbocycles. The molecule has 0 atom stereocenters. The summed E-state index contributed by atoms with van der Waals surface area (Å²) < 4.78 is 0. The van der Waals surface area contributed by atoms with E-state index >= 15 is 0 Å². The molecule has 0 heterocycles. The van der Waals surface area contributed by atoms with Crippen LogP contribution in [0.1, 0.15) is 10.4 Å². The van der Waals surface area contributed by atoms with Crippen LogP contribution in [0.25, 0.3) is 0 Å². The van der Waals surface area contributed by atoms with Crippen molar-refractivity contribution < 1.29 is 20.1 Å². The van der Waals surface area contributed by atoms with Crippen LogP contribution in [0.15, 0.2) is 18.2 Å². The van der Waals surface area contributed by atoms with Gasteiger partial charge in [-0.2, -0.15) is 0 Å². The zero-order valence-electron chi connectivity index (χ0n) is 7.85. The molecule has 0 unspecified atom stereocenters. The fraction of sp³-hybridized carbons (Fsp3) is 0.222. The van der Waals surface area contributed by atoms with Gasteiger partial charge in [-0.05, 0) is 12.1 Å². The predicted octanol–water partition coefficient (Wildman–Crippen LogP) is -0.197. The molecular formula is C9H10BClO4. The average molecular weight is 228 g/mol. The molecule has 6 heteroatoms. The minimum absolute atomic E-state index is 0.00930. The third kappa shape index (κ3) is 2.71. The molecule has 0 saturated carbocycles. The summed E-state index contributed by atoms with van der Waals surface area (Å²) in [6, 6.07) is 4.34. The van der Waals surface area contributed by atoms with E-state index in [9.17, 15) is 4.79 Å². The van der Waals surface area contributed by atoms with Gasteiger partial charge in [0.1, 0.15) is 0 Å². The van der Waals surface area contributed by atoms with Gasteiger partial charge in [-0.1, -0.05) is 23.1 Å². The predicted molar refractivity (Wildman–Crippen MR) is 58.0 cm³/mol. The van der Waals surface area contributed by atoms with Crippen molar-refractivity contribution in [2.45, 2.75) is 0 Å². The molecular weight excluding hydrogens is 218 g/mol. The average Bonchev–Trinajstić information content (AvgIpc) is 2.19. The number of rotatable bonds is 4. The van der Waals surface area contributed by atoms with Crippen LogP contribution in [0.2, 0.25) is 5.02 Å². The van der Waals surface area contributed by atoms with Crippen molar-refractivity contribution in [2.75, 3.05) is 13.0 Å². The summed E-state index contributed by atoms with van der Waals surface area (Å²) in [5.41, 5.74) is 0.630. The quantitative estimate of drug-likeness (QED) is 0.624. The zero-order chi connectivity index (χ0) is 11.4. The minimum atomic E-state index is -1.10. The van der Waals surface area contributed by atoms with Crippen LogP contribution < -0.4 is 5.46 Å². The van der Waals surface area contributed by atoms with Gasteiger partial charge in [-0.15, -0.1) is 0 Å². The molecule has 0 amide bonds. The highest BCUT2D eigenvalue weighted by molar-refractivity contribution is 6.73. The zero-order valence-corrected chi connectivity index (χ0v) is 8.61. The summed E-state index contributed by atoms with van der Waals surface area (Å²) in [5.74, 6) is -1.10. The molecule has 0 fully saturated rings. The van der Waals surface area contributed by atoms with Crippen molar-refractivity contribution in [1.29, 1.82) is 0 Å². The van der Waals surface area contributed by atoms with Crippen molar-refractivity contribution >= 4 is 29.7 Å². The van der Waals surface area contributed by atoms with Crippen molar-refractivity contribution in [1.82, 2.24) is 0 Å². The number of carbonyl (C=O) groups is 1. The molecule has 1 rings (SSSR count). The van der Waals surface area contributed by atoms with Crippen molar-refractivity contribution in [3.63, 3.8) is 0 Å². The lowest BCUT2D eigenvalue weighted by Crippen LogP contribution is -2.38. The first-order valence-electron chi connectivity index (χ1n) is 4.34. The molecule has 0 aliphatic heterocycles. The van der Waals surface area contributed by atoms with Crippen LogP contribution in [0.3, 0.4) is 0 Å². The molecule has 15 heavy (non-hydrogen) atoms. The Morgan fingerprint density at radius 3 is 2.33 bits per heavy atom. The van der Waals surface area contributed by atoms with Gasteiger partial charge in [-0.3, -0.25) is 0 Å². The number of halogens is 1. The van der Waals surface area contributed by atoms with E-state index in [-0.39, 0.29) is 23.6 Å². The van der Waals surface area contributed by atoms with E-state index < -0.39 is 12.7 Å². The Kier molecular flexibility index (Phi) is 4.14. The van der Waals surface area contributed by atoms with Gasteiger partial charge < -0.3 is 15.3 Å². The van der Waals surface area contributed by atoms with Gasteiger partial charge in [0.15, 0.2) is 0 Å². The molecule has 4 nitrogen and oxygen atoms in total. The smallest absolute Gasteiger partial charge is 0.337 e. The van der Waals surface area contributed by atoms with Crippen LogP contribution >= 0.6 is 11.6 Å². The number of hydrogen-bond donors (Lipinski definition) is 3. The van der Waals surface area contributed by atoms with Crippen molar-refractivity contribution in [3.8, 4) is 0 Å². The maximum atomic E-state index is 10.7. The number of aliphatic hydroxyl groups excluding tert-OH is 2. The van der Waals surface area contributed by atoms with Gasteiger partial charge in [0.2, 0.25) is 6.71 Å². The Morgan fingerprint density at radius 1 is 1.33 bits per heavy atom. The molecule has 0 spiro atoms. The summed E-state index contributed by atoms with van der Waals surface area (Å²) in [5, 5.41) is 26.7. The van der Waals surface area contributed by atoms with Gasteiger partial charge in [0.25, 0.3) is 0 Å². The Morgan fingerprint density at radius 2 is 1.93 bits per heavy atom. The molecule has 0 aromatic heterocycles. The molecule has 0 bridgehead atoms. The molecule has 80 valence electrons. The number of aromatic carboxylic acids is 1. The molecule has 0 saturated heterocycles. The fourth-order valence-electron chi connectivity index (χ4n) is 1.23. The van der Waals surface area contributed by atoms with E-state index in [0.717, 1.165) is 0 Å². The van der Waals surface area contributed by atoms with E-state index in [1.54, 1.807) is 0 Å². The highest BCUT2D eigenvalue weighted by Gasteiger charge is 2.17. The minimum Gasteiger partial charge on any atom is -0.478 e. The summed E-state index contributed by atoms with van der Waals surface area (Å²) in [6.45, 7) is -0.844. The first kappa shape index (κ1) is 12.0. The van der Waals surface area contributed by atoms with Crippen molar-refractivity contribution in [3.05, 3.63) is 28.8 Å². The van der Waals surface area contributed by atoms with Crippen LogP contribution in [-0.2, 0) is 0 Å². The maximum absolute atomic E-state index is 10.7. The maximum Gasteiger partial charge on any atom is 0.337 e. The van der Waals surface area contributed by atoms with Crippen LogP contribution in [0, 0.1) is 0 Å². The third-order valence-corrected chi connectivity index (χ3v) is 2.45. The second kappa shape index (κ2) is 5.16. The van der Waals surface area contributed by atoms with E-state index in [1.165, 1.54) is 18.2 Å². The number of carboxylic acids is 1. The van der Waals surface area contributed by atoms with Gasteiger partial charge >= 0.3 is 5.97 Å². The summed E-state index contributed by atoms with van der Waals surface area (Å²) in [6.07, 6.45) is 0. The Labute approximate surface area is 92.2 Å². The number of carboxylic acid groups (broad SMARTS) is 1. The van der Waals surface area contributed by atoms with Gasteiger partial charge in [-0.25, -0.2) is 4.79 Å². The third-order valence-electron chi connectivity index (χ3n) is 2.14. The second-order valence-electron chi connectivity index (χ2n) is 3.11. The second-order valence-corrected chi connectivity index (χ2v) is 3.51. The highest BCUT2D eigenvalue weighted by Crippen LogP contribution is 2.13. The molecule has 3 N–H and O–H groups in total. The summed E-state index contributed by atoms with van der Waals surface area (Å²) >= 11 is 5.74. The fourth-order valence-corrected chi connectivity index (χ4v) is 1.50. The number of aliphatic hydroxyl groups is 2. The molecule has 0 aliphatic carbocycles. The standard InChI is InChI=1S/C9H10BClO4/c11-8-3-6(10(4-12)5-13)1-2-7(8)9(14)15/h1-3,12-13H,4-5H2,(H,14,15). The van der Waals surface area contributed by atoms with E-state index in [1.807, 2.05) is 0 Å². The molecule has 0 radical (unpaired) electrons. The molecule has 0 aliphatic rings. The normalized spacial score (nSPS) is 10.1.